The molecule has 0 aliphatic heterocycles. The molecule has 1 aliphatic carbocycles. The Labute approximate surface area is 179 Å². The van der Waals surface area contributed by atoms with Crippen molar-refractivity contribution in [2.24, 2.45) is 10.7 Å². The second kappa shape index (κ2) is 10.2. The van der Waals surface area contributed by atoms with Crippen molar-refractivity contribution < 1.29 is 23.8 Å². The molecule has 1 heterocycles. The predicted octanol–water partition coefficient (Wildman–Crippen LogP) is 3.82. The van der Waals surface area contributed by atoms with Gasteiger partial charge in [0.1, 0.15) is 5.00 Å². The lowest BCUT2D eigenvalue weighted by atomic mass is 9.95. The number of primary amides is 1. The van der Waals surface area contributed by atoms with Crippen molar-refractivity contribution in [3.05, 3.63) is 39.8 Å². The zero-order valence-electron chi connectivity index (χ0n) is 17.2. The number of carbonyl (C=O) groups excluding carboxylic acids is 2. The van der Waals surface area contributed by atoms with Gasteiger partial charge in [0, 0.05) is 11.1 Å². The van der Waals surface area contributed by atoms with Gasteiger partial charge in [-0.05, 0) is 68.9 Å². The third-order valence-corrected chi connectivity index (χ3v) is 5.80. The number of hydrogen-bond donors (Lipinski definition) is 1. The van der Waals surface area contributed by atoms with E-state index in [1.54, 1.807) is 42.7 Å². The Morgan fingerprint density at radius 1 is 1.13 bits per heavy atom. The van der Waals surface area contributed by atoms with Crippen molar-refractivity contribution in [3.63, 3.8) is 0 Å². The van der Waals surface area contributed by atoms with E-state index in [0.717, 1.165) is 36.8 Å². The summed E-state index contributed by atoms with van der Waals surface area (Å²) in [5.41, 5.74) is 7.61. The number of fused-ring (bicyclic) bond motifs is 1. The lowest BCUT2D eigenvalue weighted by Crippen LogP contribution is -2.20. The molecule has 0 fully saturated rings. The first-order valence-electron chi connectivity index (χ1n) is 10.1. The van der Waals surface area contributed by atoms with Gasteiger partial charge < -0.3 is 19.9 Å². The lowest BCUT2D eigenvalue weighted by Gasteiger charge is -2.12. The lowest BCUT2D eigenvalue weighted by molar-refractivity contribution is -0.119. The number of nitrogens with zero attached hydrogens (tertiary/aromatic N) is 1. The summed E-state index contributed by atoms with van der Waals surface area (Å²) < 4.78 is 16.3. The molecular weight excluding hydrogens is 404 g/mol. The Bertz CT molecular complexity index is 951. The van der Waals surface area contributed by atoms with Gasteiger partial charge in [0.05, 0.1) is 18.8 Å². The zero-order chi connectivity index (χ0) is 21.5. The molecule has 0 saturated heterocycles. The monoisotopic (exact) mass is 430 g/mol. The van der Waals surface area contributed by atoms with Crippen LogP contribution in [0.15, 0.2) is 23.2 Å². The number of rotatable bonds is 9. The smallest absolute Gasteiger partial charge is 0.341 e. The van der Waals surface area contributed by atoms with E-state index in [1.807, 2.05) is 6.92 Å². The quantitative estimate of drug-likeness (QED) is 0.481. The van der Waals surface area contributed by atoms with Crippen LogP contribution in [0, 0.1) is 0 Å². The molecule has 7 nitrogen and oxygen atoms in total. The van der Waals surface area contributed by atoms with Crippen molar-refractivity contribution in [1.82, 2.24) is 0 Å². The van der Waals surface area contributed by atoms with Gasteiger partial charge >= 0.3 is 5.97 Å². The topological polar surface area (TPSA) is 100 Å². The fourth-order valence-electron chi connectivity index (χ4n) is 3.33. The van der Waals surface area contributed by atoms with Crippen LogP contribution >= 0.6 is 11.3 Å². The van der Waals surface area contributed by atoms with Crippen LogP contribution in [0.5, 0.6) is 11.5 Å². The average Bonchev–Trinajstić information content (AvgIpc) is 3.10. The molecule has 1 aliphatic rings. The van der Waals surface area contributed by atoms with Crippen molar-refractivity contribution in [3.8, 4) is 11.5 Å². The third kappa shape index (κ3) is 5.18. The van der Waals surface area contributed by atoms with E-state index >= 15 is 0 Å². The fraction of sp³-hybridized carbons (Fsp3) is 0.409. The van der Waals surface area contributed by atoms with Gasteiger partial charge in [-0.3, -0.25) is 4.79 Å². The summed E-state index contributed by atoms with van der Waals surface area (Å²) in [5, 5.41) is 0.673. The Hall–Kier alpha value is -2.87. The number of thiophene rings is 1. The molecule has 0 atom stereocenters. The van der Waals surface area contributed by atoms with Gasteiger partial charge in [-0.1, -0.05) is 0 Å². The number of carbonyl (C=O) groups is 2. The highest BCUT2D eigenvalue weighted by molar-refractivity contribution is 7.16. The summed E-state index contributed by atoms with van der Waals surface area (Å²) in [4.78, 5) is 29.4. The van der Waals surface area contributed by atoms with Gasteiger partial charge in [-0.2, -0.15) is 0 Å². The Kier molecular flexibility index (Phi) is 7.46. The molecule has 8 heteroatoms. The highest BCUT2D eigenvalue weighted by Gasteiger charge is 2.26. The maximum Gasteiger partial charge on any atom is 0.341 e. The molecule has 2 N–H and O–H groups in total. The van der Waals surface area contributed by atoms with Crippen LogP contribution < -0.4 is 15.2 Å². The normalized spacial score (nSPS) is 13.1. The van der Waals surface area contributed by atoms with Crippen LogP contribution in [0.3, 0.4) is 0 Å². The molecule has 3 rings (SSSR count). The second-order valence-electron chi connectivity index (χ2n) is 6.76. The van der Waals surface area contributed by atoms with E-state index in [1.165, 1.54) is 4.88 Å². The van der Waals surface area contributed by atoms with Gasteiger partial charge in [-0.25, -0.2) is 9.79 Å². The van der Waals surface area contributed by atoms with Crippen molar-refractivity contribution in [2.75, 3.05) is 19.8 Å². The maximum atomic E-state index is 12.6. The van der Waals surface area contributed by atoms with E-state index < -0.39 is 5.91 Å². The minimum Gasteiger partial charge on any atom is -0.490 e. The van der Waals surface area contributed by atoms with E-state index in [0.29, 0.717) is 35.3 Å². The van der Waals surface area contributed by atoms with E-state index in [4.69, 9.17) is 19.9 Å². The van der Waals surface area contributed by atoms with Crippen molar-refractivity contribution in [2.45, 2.75) is 39.5 Å². The van der Waals surface area contributed by atoms with Gasteiger partial charge in [0.2, 0.25) is 0 Å². The second-order valence-corrected chi connectivity index (χ2v) is 7.85. The molecule has 0 radical (unpaired) electrons. The minimum absolute atomic E-state index is 0.225. The first kappa shape index (κ1) is 21.8. The molecule has 0 spiro atoms. The molecule has 2 aromatic rings. The van der Waals surface area contributed by atoms with Crippen LogP contribution in [0.4, 0.5) is 5.00 Å². The molecular formula is C22H26N2O5S. The fourth-order valence-corrected chi connectivity index (χ4v) is 4.55. The molecule has 1 aromatic heterocycles. The van der Waals surface area contributed by atoms with Gasteiger partial charge in [0.15, 0.2) is 18.1 Å². The van der Waals surface area contributed by atoms with Crippen LogP contribution in [0.25, 0.3) is 0 Å². The zero-order valence-corrected chi connectivity index (χ0v) is 18.0. The molecule has 0 saturated carbocycles. The first-order valence-corrected chi connectivity index (χ1v) is 10.9. The van der Waals surface area contributed by atoms with E-state index in [9.17, 15) is 9.59 Å². The summed E-state index contributed by atoms with van der Waals surface area (Å²) in [6.07, 6.45) is 5.76. The summed E-state index contributed by atoms with van der Waals surface area (Å²) >= 11 is 1.56. The third-order valence-electron chi connectivity index (χ3n) is 4.60. The molecule has 30 heavy (non-hydrogen) atoms. The Balaban J connectivity index is 1.89. The van der Waals surface area contributed by atoms with Crippen molar-refractivity contribution >= 4 is 34.4 Å². The number of benzene rings is 1. The SMILES string of the molecule is CCOC(=O)c1c(N=Cc2ccc(OCC(N)=O)c(OCC)c2)sc2c1CCCC2. The largest absolute Gasteiger partial charge is 0.490 e. The van der Waals surface area contributed by atoms with Crippen LogP contribution in [-0.4, -0.2) is 37.9 Å². The summed E-state index contributed by atoms with van der Waals surface area (Å²) in [7, 11) is 0. The average molecular weight is 431 g/mol. The van der Waals surface area contributed by atoms with Crippen LogP contribution in [0.2, 0.25) is 0 Å². The van der Waals surface area contributed by atoms with Crippen molar-refractivity contribution in [1.29, 1.82) is 0 Å². The maximum absolute atomic E-state index is 12.6. The summed E-state index contributed by atoms with van der Waals surface area (Å²) in [6, 6.07) is 5.29. The Morgan fingerprint density at radius 3 is 2.67 bits per heavy atom. The van der Waals surface area contributed by atoms with Crippen LogP contribution in [0.1, 0.15) is 53.1 Å². The van der Waals surface area contributed by atoms with Gasteiger partial charge in [-0.15, -0.1) is 11.3 Å². The summed E-state index contributed by atoms with van der Waals surface area (Å²) in [6.45, 7) is 4.21. The number of aryl methyl sites for hydroxylation is 1. The Morgan fingerprint density at radius 2 is 1.93 bits per heavy atom. The predicted molar refractivity (Wildman–Crippen MR) is 116 cm³/mol. The molecule has 1 aromatic carbocycles. The minimum atomic E-state index is -0.559. The van der Waals surface area contributed by atoms with E-state index in [2.05, 4.69) is 4.99 Å². The highest BCUT2D eigenvalue weighted by atomic mass is 32.1. The van der Waals surface area contributed by atoms with Gasteiger partial charge in [0.25, 0.3) is 5.91 Å². The first-order chi connectivity index (χ1) is 14.5. The number of hydrogen-bond acceptors (Lipinski definition) is 7. The number of nitrogens with two attached hydrogens (primary N) is 1. The highest BCUT2D eigenvalue weighted by Crippen LogP contribution is 2.40. The molecule has 160 valence electrons. The molecule has 1 amide bonds. The number of ether oxygens (including phenoxy) is 3. The van der Waals surface area contributed by atoms with Crippen LogP contribution in [-0.2, 0) is 22.4 Å². The number of esters is 1. The number of aliphatic imine (C=N–C) groups is 1. The number of amides is 1. The standard InChI is InChI=1S/C22H26N2O5S/c1-3-27-17-11-14(9-10-16(17)29-13-19(23)25)12-24-21-20(22(26)28-4-2)15-7-5-6-8-18(15)30-21/h9-12H,3-8,13H2,1-2H3,(H2,23,25). The molecule has 0 bridgehead atoms. The molecule has 0 unspecified atom stereocenters. The summed E-state index contributed by atoms with van der Waals surface area (Å²) in [5.74, 6) is 0.0656. The van der Waals surface area contributed by atoms with E-state index in [-0.39, 0.29) is 12.6 Å².